The summed E-state index contributed by atoms with van der Waals surface area (Å²) >= 11 is 0. The second-order valence-electron chi connectivity index (χ2n) is 9.64. The van der Waals surface area contributed by atoms with Gasteiger partial charge in [-0.25, -0.2) is 9.97 Å². The Bertz CT molecular complexity index is 1140. The lowest BCUT2D eigenvalue weighted by Crippen LogP contribution is -2.62. The highest BCUT2D eigenvalue weighted by Crippen LogP contribution is 2.63. The number of para-hydroxylation sites is 1. The van der Waals surface area contributed by atoms with Crippen molar-refractivity contribution >= 4 is 23.0 Å². The molecule has 160 valence electrons. The number of hydrogen-bond acceptors (Lipinski definition) is 4. The topological polar surface area (TPSA) is 32.3 Å². The van der Waals surface area contributed by atoms with Crippen molar-refractivity contribution in [2.75, 3.05) is 9.80 Å². The van der Waals surface area contributed by atoms with E-state index in [1.807, 2.05) is 12.4 Å². The average Bonchev–Trinajstić information content (AvgIpc) is 3.12. The van der Waals surface area contributed by atoms with Crippen molar-refractivity contribution in [2.45, 2.75) is 66.0 Å². The van der Waals surface area contributed by atoms with Gasteiger partial charge in [0.1, 0.15) is 6.17 Å². The number of anilines is 4. The molecular formula is C27H32N4. The molecule has 2 aromatic carbocycles. The van der Waals surface area contributed by atoms with Crippen molar-refractivity contribution in [1.82, 2.24) is 9.97 Å². The first-order valence-corrected chi connectivity index (χ1v) is 11.4. The molecule has 0 saturated carbocycles. The molecule has 3 unspecified atom stereocenters. The van der Waals surface area contributed by atoms with E-state index in [1.165, 1.54) is 28.1 Å². The van der Waals surface area contributed by atoms with E-state index in [4.69, 9.17) is 9.97 Å². The minimum absolute atomic E-state index is 0.0177. The van der Waals surface area contributed by atoms with Crippen molar-refractivity contribution in [1.29, 1.82) is 0 Å². The molecule has 4 nitrogen and oxygen atoms in total. The van der Waals surface area contributed by atoms with Gasteiger partial charge in [-0.05, 0) is 61.6 Å². The molecule has 0 fully saturated rings. The first kappa shape index (κ1) is 20.0. The van der Waals surface area contributed by atoms with Crippen molar-refractivity contribution in [3.8, 4) is 0 Å². The number of benzene rings is 2. The maximum absolute atomic E-state index is 4.87. The zero-order chi connectivity index (χ0) is 22.0. The molecule has 3 aromatic rings. The molecule has 2 aliphatic rings. The molecule has 4 heteroatoms. The van der Waals surface area contributed by atoms with Gasteiger partial charge in [-0.3, -0.25) is 0 Å². The summed E-state index contributed by atoms with van der Waals surface area (Å²) in [6, 6.07) is 15.7. The molecule has 1 aromatic heterocycles. The third-order valence-corrected chi connectivity index (χ3v) is 8.12. The van der Waals surface area contributed by atoms with E-state index in [0.717, 1.165) is 24.5 Å². The summed E-state index contributed by atoms with van der Waals surface area (Å²) in [7, 11) is 0. The zero-order valence-corrected chi connectivity index (χ0v) is 19.5. The van der Waals surface area contributed by atoms with Crippen LogP contribution in [0.1, 0.15) is 57.2 Å². The summed E-state index contributed by atoms with van der Waals surface area (Å²) in [5.41, 5.74) is 6.42. The fraction of sp³-hybridized carbons (Fsp3) is 0.407. The van der Waals surface area contributed by atoms with Crippen LogP contribution in [0, 0.1) is 19.3 Å². The van der Waals surface area contributed by atoms with Crippen LogP contribution in [0.2, 0.25) is 0 Å². The Morgan fingerprint density at radius 3 is 2.06 bits per heavy atom. The van der Waals surface area contributed by atoms with Gasteiger partial charge >= 0.3 is 0 Å². The Balaban J connectivity index is 1.86. The van der Waals surface area contributed by atoms with E-state index >= 15 is 0 Å². The molecule has 0 saturated heterocycles. The molecule has 3 atom stereocenters. The lowest BCUT2D eigenvalue weighted by Gasteiger charge is -2.58. The molecular weight excluding hydrogens is 380 g/mol. The molecule has 0 aliphatic carbocycles. The second kappa shape index (κ2) is 6.81. The molecule has 0 bridgehead atoms. The van der Waals surface area contributed by atoms with Crippen LogP contribution in [-0.2, 0) is 5.41 Å². The summed E-state index contributed by atoms with van der Waals surface area (Å²) in [5.74, 6) is 1.91. The monoisotopic (exact) mass is 412 g/mol. The normalized spacial score (nSPS) is 26.5. The first-order valence-electron chi connectivity index (χ1n) is 11.4. The van der Waals surface area contributed by atoms with Gasteiger partial charge in [0, 0.05) is 34.6 Å². The minimum atomic E-state index is -0.0177. The predicted molar refractivity (Wildman–Crippen MR) is 128 cm³/mol. The zero-order valence-electron chi connectivity index (χ0n) is 19.5. The van der Waals surface area contributed by atoms with E-state index in [-0.39, 0.29) is 17.0 Å². The van der Waals surface area contributed by atoms with Crippen molar-refractivity contribution in [3.05, 3.63) is 71.5 Å². The van der Waals surface area contributed by atoms with Crippen LogP contribution in [0.5, 0.6) is 0 Å². The van der Waals surface area contributed by atoms with E-state index < -0.39 is 0 Å². The molecule has 0 N–H and O–H groups in total. The van der Waals surface area contributed by atoms with Crippen LogP contribution in [0.3, 0.4) is 0 Å². The maximum atomic E-state index is 4.87. The lowest BCUT2D eigenvalue weighted by atomic mass is 9.55. The van der Waals surface area contributed by atoms with E-state index in [1.54, 1.807) is 0 Å². The number of rotatable bonds is 3. The van der Waals surface area contributed by atoms with Crippen LogP contribution < -0.4 is 9.80 Å². The predicted octanol–water partition coefficient (Wildman–Crippen LogP) is 6.81. The first-order chi connectivity index (χ1) is 14.9. The number of fused-ring (bicyclic) bond motifs is 5. The summed E-state index contributed by atoms with van der Waals surface area (Å²) in [4.78, 5) is 14.6. The summed E-state index contributed by atoms with van der Waals surface area (Å²) in [6.07, 6.45) is 5.89. The molecule has 0 amide bonds. The molecule has 0 radical (unpaired) electrons. The third kappa shape index (κ3) is 2.54. The Morgan fingerprint density at radius 1 is 0.839 bits per heavy atom. The van der Waals surface area contributed by atoms with Gasteiger partial charge in [-0.2, -0.15) is 0 Å². The molecule has 0 spiro atoms. The summed E-state index contributed by atoms with van der Waals surface area (Å²) in [6.45, 7) is 13.9. The second-order valence-corrected chi connectivity index (χ2v) is 9.64. The highest BCUT2D eigenvalue weighted by atomic mass is 15.5. The fourth-order valence-electron chi connectivity index (χ4n) is 6.09. The molecule has 31 heavy (non-hydrogen) atoms. The van der Waals surface area contributed by atoms with Crippen molar-refractivity contribution < 1.29 is 0 Å². The van der Waals surface area contributed by atoms with Gasteiger partial charge in [0.25, 0.3) is 0 Å². The maximum Gasteiger partial charge on any atom is 0.178 e. The van der Waals surface area contributed by atoms with Crippen molar-refractivity contribution in [3.63, 3.8) is 0 Å². The largest absolute Gasteiger partial charge is 0.301 e. The third-order valence-electron chi connectivity index (χ3n) is 8.12. The van der Waals surface area contributed by atoms with Crippen LogP contribution >= 0.6 is 0 Å². The van der Waals surface area contributed by atoms with Gasteiger partial charge < -0.3 is 9.80 Å². The number of aryl methyl sites for hydroxylation is 2. The van der Waals surface area contributed by atoms with Gasteiger partial charge in [0.15, 0.2) is 11.6 Å². The van der Waals surface area contributed by atoms with E-state index in [2.05, 4.69) is 93.8 Å². The number of hydrogen-bond donors (Lipinski definition) is 0. The fourth-order valence-corrected chi connectivity index (χ4v) is 6.09. The Morgan fingerprint density at radius 2 is 1.45 bits per heavy atom. The quantitative estimate of drug-likeness (QED) is 0.473. The van der Waals surface area contributed by atoms with E-state index in [9.17, 15) is 0 Å². The van der Waals surface area contributed by atoms with E-state index in [0.29, 0.717) is 0 Å². The number of nitrogens with zero attached hydrogens (tertiary/aromatic N) is 4. The molecule has 3 heterocycles. The van der Waals surface area contributed by atoms with Crippen LogP contribution in [0.25, 0.3) is 0 Å². The SMILES string of the molecule is CCC1(C)c2ccccc2N2c3nccnc3N(c3cc(C)cc(C)c3)C2C1(C)CC. The van der Waals surface area contributed by atoms with Crippen LogP contribution in [-0.4, -0.2) is 16.1 Å². The van der Waals surface area contributed by atoms with Crippen LogP contribution in [0.15, 0.2) is 54.9 Å². The molecule has 2 aliphatic heterocycles. The van der Waals surface area contributed by atoms with Gasteiger partial charge in [-0.1, -0.05) is 52.0 Å². The Kier molecular flexibility index (Phi) is 4.40. The summed E-state index contributed by atoms with van der Waals surface area (Å²) in [5, 5.41) is 0. The Hall–Kier alpha value is -2.88. The van der Waals surface area contributed by atoms with Gasteiger partial charge in [0.05, 0.1) is 0 Å². The van der Waals surface area contributed by atoms with Crippen molar-refractivity contribution in [2.24, 2.45) is 5.41 Å². The highest BCUT2D eigenvalue weighted by Gasteiger charge is 2.61. The number of aromatic nitrogens is 2. The highest BCUT2D eigenvalue weighted by molar-refractivity contribution is 5.86. The standard InChI is InChI=1S/C27H32N4/c1-7-26(5)21-11-9-10-12-22(21)31-24-23(28-13-14-29-24)30(25(31)27(26,6)8-2)20-16-18(3)15-19(4)17-20/h9-17,25H,7-8H2,1-6H3. The molecule has 5 rings (SSSR count). The average molecular weight is 413 g/mol. The lowest BCUT2D eigenvalue weighted by molar-refractivity contribution is 0.0963. The summed E-state index contributed by atoms with van der Waals surface area (Å²) < 4.78 is 0. The minimum Gasteiger partial charge on any atom is -0.301 e. The van der Waals surface area contributed by atoms with Gasteiger partial charge in [0.2, 0.25) is 0 Å². The smallest absolute Gasteiger partial charge is 0.178 e. The van der Waals surface area contributed by atoms with Gasteiger partial charge in [-0.15, -0.1) is 0 Å². The Labute approximate surface area is 186 Å². The van der Waals surface area contributed by atoms with Crippen LogP contribution in [0.4, 0.5) is 23.0 Å².